The number of hydrogen-bond acceptors (Lipinski definition) is 4. The van der Waals surface area contributed by atoms with Crippen LogP contribution in [0.4, 0.5) is 0 Å². The Kier molecular flexibility index (Phi) is 5.18. The molecule has 1 aliphatic carbocycles. The molecule has 1 aliphatic heterocycles. The monoisotopic (exact) mass is 366 g/mol. The summed E-state index contributed by atoms with van der Waals surface area (Å²) in [5, 5.41) is 9.21. The third-order valence-corrected chi connectivity index (χ3v) is 6.81. The first-order chi connectivity index (χ1) is 11.8. The summed E-state index contributed by atoms with van der Waals surface area (Å²) in [6, 6.07) is 6.02. The first kappa shape index (κ1) is 18.4. The van der Waals surface area contributed by atoms with Crippen LogP contribution in [0, 0.1) is 5.41 Å². The number of hydrogen-bond donors (Lipinski definition) is 2. The number of nitrogens with zero attached hydrogens (tertiary/aromatic N) is 1. The second kappa shape index (κ2) is 7.05. The minimum atomic E-state index is -3.67. The van der Waals surface area contributed by atoms with Crippen LogP contribution in [0.25, 0.3) is 0 Å². The highest BCUT2D eigenvalue weighted by molar-refractivity contribution is 7.89. The molecule has 25 heavy (non-hydrogen) atoms. The lowest BCUT2D eigenvalue weighted by molar-refractivity contribution is 0.0773. The summed E-state index contributed by atoms with van der Waals surface area (Å²) in [4.78, 5) is 14.7. The van der Waals surface area contributed by atoms with Gasteiger partial charge in [0.15, 0.2) is 0 Å². The van der Waals surface area contributed by atoms with Gasteiger partial charge in [-0.25, -0.2) is 13.1 Å². The molecule has 2 aliphatic rings. The van der Waals surface area contributed by atoms with Crippen molar-refractivity contribution in [1.82, 2.24) is 9.62 Å². The van der Waals surface area contributed by atoms with Gasteiger partial charge in [0.25, 0.3) is 5.91 Å². The highest BCUT2D eigenvalue weighted by atomic mass is 32.2. The van der Waals surface area contributed by atoms with E-state index in [1.165, 1.54) is 44.7 Å². The van der Waals surface area contributed by atoms with Crippen LogP contribution in [0.5, 0.6) is 0 Å². The van der Waals surface area contributed by atoms with Crippen LogP contribution >= 0.6 is 0 Å². The maximum absolute atomic E-state index is 12.7. The van der Waals surface area contributed by atoms with Gasteiger partial charge in [-0.3, -0.25) is 4.79 Å². The Morgan fingerprint density at radius 2 is 1.88 bits per heavy atom. The Morgan fingerprint density at radius 3 is 2.48 bits per heavy atom. The van der Waals surface area contributed by atoms with Gasteiger partial charge >= 0.3 is 0 Å². The summed E-state index contributed by atoms with van der Waals surface area (Å²) < 4.78 is 26.6. The van der Waals surface area contributed by atoms with Gasteiger partial charge in [-0.1, -0.05) is 12.8 Å². The van der Waals surface area contributed by atoms with E-state index in [0.717, 1.165) is 19.5 Å². The van der Waals surface area contributed by atoms with Gasteiger partial charge in [0, 0.05) is 25.2 Å². The van der Waals surface area contributed by atoms with Crippen molar-refractivity contribution in [2.45, 2.75) is 50.0 Å². The summed E-state index contributed by atoms with van der Waals surface area (Å²) in [6.45, 7) is 3.08. The summed E-state index contributed by atoms with van der Waals surface area (Å²) in [5.74, 6) is -0.0235. The fourth-order valence-electron chi connectivity index (χ4n) is 3.91. The smallest absolute Gasteiger partial charge is 0.253 e. The number of likely N-dealkylation sites (tertiary alicyclic amines) is 1. The Bertz CT molecular complexity index is 722. The van der Waals surface area contributed by atoms with E-state index >= 15 is 0 Å². The molecule has 1 atom stereocenters. The zero-order chi connectivity index (χ0) is 18.1. The number of amides is 1. The van der Waals surface area contributed by atoms with E-state index < -0.39 is 16.1 Å². The molecule has 1 aromatic carbocycles. The lowest BCUT2D eigenvalue weighted by Gasteiger charge is -2.23. The molecule has 6 nitrogen and oxygen atoms in total. The average Bonchev–Trinajstić information content (AvgIpc) is 3.23. The van der Waals surface area contributed by atoms with Crippen molar-refractivity contribution in [2.24, 2.45) is 5.41 Å². The predicted molar refractivity (Wildman–Crippen MR) is 94.7 cm³/mol. The molecule has 2 fully saturated rings. The van der Waals surface area contributed by atoms with Crippen molar-refractivity contribution in [3.05, 3.63) is 29.8 Å². The van der Waals surface area contributed by atoms with Crippen molar-refractivity contribution >= 4 is 15.9 Å². The topological polar surface area (TPSA) is 86.7 Å². The number of aliphatic hydroxyl groups is 1. The van der Waals surface area contributed by atoms with Crippen molar-refractivity contribution < 1.29 is 18.3 Å². The minimum absolute atomic E-state index is 0.0235. The maximum Gasteiger partial charge on any atom is 0.253 e. The van der Waals surface area contributed by atoms with Crippen LogP contribution in [0.15, 0.2) is 29.2 Å². The first-order valence-electron chi connectivity index (χ1n) is 8.88. The summed E-state index contributed by atoms with van der Waals surface area (Å²) >= 11 is 0. The molecule has 1 heterocycles. The van der Waals surface area contributed by atoms with Gasteiger partial charge < -0.3 is 10.0 Å². The Morgan fingerprint density at radius 1 is 1.24 bits per heavy atom. The lowest BCUT2D eigenvalue weighted by atomic mass is 9.86. The van der Waals surface area contributed by atoms with Gasteiger partial charge in [0.1, 0.15) is 0 Å². The molecule has 0 aromatic heterocycles. The van der Waals surface area contributed by atoms with Gasteiger partial charge in [0.2, 0.25) is 10.0 Å². The summed E-state index contributed by atoms with van der Waals surface area (Å²) in [6.07, 6.45) is 5.26. The van der Waals surface area contributed by atoms with Gasteiger partial charge in [-0.05, 0) is 55.9 Å². The fraction of sp³-hybridized carbons (Fsp3) is 0.611. The van der Waals surface area contributed by atoms with E-state index in [9.17, 15) is 18.3 Å². The van der Waals surface area contributed by atoms with Crippen LogP contribution < -0.4 is 4.72 Å². The quantitative estimate of drug-likeness (QED) is 0.831. The zero-order valence-electron chi connectivity index (χ0n) is 14.6. The third-order valence-electron chi connectivity index (χ3n) is 5.37. The van der Waals surface area contributed by atoms with E-state index in [-0.39, 0.29) is 17.3 Å². The molecule has 138 valence electrons. The number of sulfonamides is 1. The van der Waals surface area contributed by atoms with Crippen molar-refractivity contribution in [1.29, 1.82) is 0 Å². The largest absolute Gasteiger partial charge is 0.392 e. The summed E-state index contributed by atoms with van der Waals surface area (Å²) in [7, 11) is -3.67. The van der Waals surface area contributed by atoms with Gasteiger partial charge in [-0.2, -0.15) is 0 Å². The lowest BCUT2D eigenvalue weighted by Crippen LogP contribution is -2.32. The molecule has 0 unspecified atom stereocenters. The molecule has 1 saturated carbocycles. The highest BCUT2D eigenvalue weighted by Gasteiger charge is 2.41. The highest BCUT2D eigenvalue weighted by Crippen LogP contribution is 2.45. The molecule has 2 N–H and O–H groups in total. The molecule has 3 rings (SSSR count). The molecule has 7 heteroatoms. The molecule has 1 saturated heterocycles. The fourth-order valence-corrected chi connectivity index (χ4v) is 5.04. The number of aliphatic hydroxyl groups excluding tert-OH is 1. The van der Waals surface area contributed by atoms with Crippen LogP contribution in [0.3, 0.4) is 0 Å². The van der Waals surface area contributed by atoms with Crippen molar-refractivity contribution in [2.75, 3.05) is 19.6 Å². The standard InChI is InChI=1S/C18H26N2O4S/c1-14(21)12-19-25(23,24)16-6-4-15(5-7-16)17(22)20-11-10-18(13-20)8-2-3-9-18/h4-7,14,19,21H,2-3,8-13H2,1H3/t14-/m0/s1. The summed E-state index contributed by atoms with van der Waals surface area (Å²) in [5.41, 5.74) is 0.841. The molecule has 0 radical (unpaired) electrons. The average molecular weight is 366 g/mol. The molecular weight excluding hydrogens is 340 g/mol. The number of carbonyl (C=O) groups is 1. The molecule has 1 amide bonds. The second-order valence-corrected chi connectivity index (χ2v) is 9.18. The van der Waals surface area contributed by atoms with Crippen LogP contribution in [0.2, 0.25) is 0 Å². The van der Waals surface area contributed by atoms with Crippen molar-refractivity contribution in [3.8, 4) is 0 Å². The van der Waals surface area contributed by atoms with E-state index in [0.29, 0.717) is 11.0 Å². The molecule has 1 aromatic rings. The number of nitrogens with one attached hydrogen (secondary N) is 1. The zero-order valence-corrected chi connectivity index (χ0v) is 15.4. The Labute approximate surface area is 149 Å². The normalized spacial score (nSPS) is 21.0. The van der Waals surface area contributed by atoms with E-state index in [4.69, 9.17) is 0 Å². The number of benzene rings is 1. The van der Waals surface area contributed by atoms with Crippen LogP contribution in [0.1, 0.15) is 49.4 Å². The Balaban J connectivity index is 1.67. The maximum atomic E-state index is 12.7. The van der Waals surface area contributed by atoms with Crippen LogP contribution in [-0.2, 0) is 10.0 Å². The van der Waals surface area contributed by atoms with E-state index in [2.05, 4.69) is 4.72 Å². The minimum Gasteiger partial charge on any atom is -0.392 e. The third kappa shape index (κ3) is 4.04. The first-order valence-corrected chi connectivity index (χ1v) is 10.4. The van der Waals surface area contributed by atoms with Gasteiger partial charge in [0.05, 0.1) is 11.0 Å². The van der Waals surface area contributed by atoms with Crippen molar-refractivity contribution in [3.63, 3.8) is 0 Å². The predicted octanol–water partition coefficient (Wildman–Crippen LogP) is 1.75. The number of carbonyl (C=O) groups excluding carboxylic acids is 1. The Hall–Kier alpha value is -1.44. The molecule has 1 spiro atoms. The molecular formula is C18H26N2O4S. The SMILES string of the molecule is C[C@H](O)CNS(=O)(=O)c1ccc(C(=O)N2CCC3(CCCC3)C2)cc1. The van der Waals surface area contributed by atoms with Crippen LogP contribution in [-0.4, -0.2) is 50.1 Å². The van der Waals surface area contributed by atoms with Gasteiger partial charge in [-0.15, -0.1) is 0 Å². The van der Waals surface area contributed by atoms with E-state index in [1.807, 2.05) is 4.90 Å². The second-order valence-electron chi connectivity index (χ2n) is 7.41. The number of rotatable bonds is 5. The van der Waals surface area contributed by atoms with E-state index in [1.54, 1.807) is 12.1 Å². The molecule has 0 bridgehead atoms.